The quantitative estimate of drug-likeness (QED) is 0.700. The molecule has 0 fully saturated rings. The molecule has 0 unspecified atom stereocenters. The summed E-state index contributed by atoms with van der Waals surface area (Å²) in [7, 11) is 0. The van der Waals surface area contributed by atoms with E-state index in [-0.39, 0.29) is 0 Å². The molecule has 1 aromatic heterocycles. The Kier molecular flexibility index (Phi) is 3.67. The van der Waals surface area contributed by atoms with E-state index >= 15 is 0 Å². The molecular formula is C17H13ClN4S. The zero-order valence-corrected chi connectivity index (χ0v) is 14.0. The van der Waals surface area contributed by atoms with Gasteiger partial charge in [-0.2, -0.15) is 9.78 Å². The maximum Gasteiger partial charge on any atom is 0.212 e. The molecule has 1 aliphatic heterocycles. The number of aromatic nitrogens is 3. The Bertz CT molecular complexity index is 899. The lowest BCUT2D eigenvalue weighted by atomic mass is 10.1. The number of halogens is 1. The average Bonchev–Trinajstić information content (AvgIpc) is 2.99. The molecule has 1 aliphatic rings. The normalized spacial score (nSPS) is 13.6. The molecule has 0 N–H and O–H groups in total. The number of fused-ring (bicyclic) bond motifs is 1. The molecule has 0 saturated heterocycles. The summed E-state index contributed by atoms with van der Waals surface area (Å²) in [6.07, 6.45) is 0. The SMILES string of the molecule is Cc1ccc(C2=Nn3c(nnc3-c3ccccc3Cl)SC2)cc1. The second-order valence-corrected chi connectivity index (χ2v) is 6.65. The first kappa shape index (κ1) is 14.5. The Morgan fingerprint density at radius 1 is 1.04 bits per heavy atom. The number of nitrogens with zero attached hydrogens (tertiary/aromatic N) is 4. The van der Waals surface area contributed by atoms with Crippen LogP contribution < -0.4 is 0 Å². The van der Waals surface area contributed by atoms with Crippen LogP contribution in [0.2, 0.25) is 5.02 Å². The Labute approximate surface area is 143 Å². The van der Waals surface area contributed by atoms with E-state index in [0.717, 1.165) is 27.7 Å². The summed E-state index contributed by atoms with van der Waals surface area (Å²) in [5.74, 6) is 1.45. The molecule has 0 atom stereocenters. The Hall–Kier alpha value is -2.11. The van der Waals surface area contributed by atoms with Crippen molar-refractivity contribution in [1.29, 1.82) is 0 Å². The van der Waals surface area contributed by atoms with Gasteiger partial charge in [-0.3, -0.25) is 0 Å². The molecule has 2 heterocycles. The van der Waals surface area contributed by atoms with Crippen LogP contribution >= 0.6 is 23.4 Å². The van der Waals surface area contributed by atoms with Crippen molar-refractivity contribution in [2.45, 2.75) is 12.1 Å². The number of hydrogen-bond donors (Lipinski definition) is 0. The second kappa shape index (κ2) is 5.83. The molecule has 4 rings (SSSR count). The van der Waals surface area contributed by atoms with Crippen LogP contribution in [0, 0.1) is 6.92 Å². The van der Waals surface area contributed by atoms with Gasteiger partial charge in [0.2, 0.25) is 5.16 Å². The van der Waals surface area contributed by atoms with Crippen molar-refractivity contribution >= 4 is 29.1 Å². The minimum Gasteiger partial charge on any atom is -0.186 e. The lowest BCUT2D eigenvalue weighted by molar-refractivity contribution is 0.762. The summed E-state index contributed by atoms with van der Waals surface area (Å²) in [5.41, 5.74) is 4.20. The van der Waals surface area contributed by atoms with Crippen LogP contribution in [0.4, 0.5) is 0 Å². The van der Waals surface area contributed by atoms with Crippen LogP contribution in [0.25, 0.3) is 11.4 Å². The maximum absolute atomic E-state index is 6.29. The predicted octanol–water partition coefficient (Wildman–Crippen LogP) is 4.27. The molecule has 0 bridgehead atoms. The minimum absolute atomic E-state index is 0.644. The highest BCUT2D eigenvalue weighted by Crippen LogP contribution is 2.31. The van der Waals surface area contributed by atoms with Crippen molar-refractivity contribution in [3.05, 3.63) is 64.7 Å². The number of thioether (sulfide) groups is 1. The number of rotatable bonds is 2. The third-order valence-electron chi connectivity index (χ3n) is 3.67. The fourth-order valence-electron chi connectivity index (χ4n) is 2.43. The van der Waals surface area contributed by atoms with Crippen molar-refractivity contribution in [2.24, 2.45) is 5.10 Å². The van der Waals surface area contributed by atoms with Crippen LogP contribution in [0.15, 0.2) is 58.8 Å². The van der Waals surface area contributed by atoms with E-state index in [9.17, 15) is 0 Å². The van der Waals surface area contributed by atoms with Crippen LogP contribution in [-0.2, 0) is 0 Å². The van der Waals surface area contributed by atoms with Gasteiger partial charge in [0.05, 0.1) is 10.7 Å². The van der Waals surface area contributed by atoms with Crippen molar-refractivity contribution in [3.8, 4) is 11.4 Å². The summed E-state index contributed by atoms with van der Waals surface area (Å²) < 4.78 is 1.78. The third kappa shape index (κ3) is 2.66. The predicted molar refractivity (Wildman–Crippen MR) is 94.3 cm³/mol. The summed E-state index contributed by atoms with van der Waals surface area (Å²) in [5, 5.41) is 14.7. The van der Waals surface area contributed by atoms with E-state index in [2.05, 4.69) is 41.4 Å². The van der Waals surface area contributed by atoms with Gasteiger partial charge < -0.3 is 0 Å². The number of hydrogen-bond acceptors (Lipinski definition) is 4. The van der Waals surface area contributed by atoms with Crippen LogP contribution in [-0.4, -0.2) is 26.3 Å². The fourth-order valence-corrected chi connectivity index (χ4v) is 3.48. The largest absolute Gasteiger partial charge is 0.212 e. The van der Waals surface area contributed by atoms with Gasteiger partial charge >= 0.3 is 0 Å². The Morgan fingerprint density at radius 2 is 1.83 bits per heavy atom. The summed E-state index contributed by atoms with van der Waals surface area (Å²) >= 11 is 7.93. The van der Waals surface area contributed by atoms with Crippen LogP contribution in [0.5, 0.6) is 0 Å². The molecule has 3 aromatic rings. The first-order valence-electron chi connectivity index (χ1n) is 7.20. The highest BCUT2D eigenvalue weighted by Gasteiger charge is 2.21. The Morgan fingerprint density at radius 3 is 2.61 bits per heavy atom. The van der Waals surface area contributed by atoms with E-state index in [1.54, 1.807) is 16.4 Å². The zero-order valence-electron chi connectivity index (χ0n) is 12.4. The average molecular weight is 341 g/mol. The van der Waals surface area contributed by atoms with Gasteiger partial charge in [0.25, 0.3) is 0 Å². The smallest absolute Gasteiger partial charge is 0.186 e. The van der Waals surface area contributed by atoms with E-state index in [4.69, 9.17) is 16.7 Å². The van der Waals surface area contributed by atoms with E-state index in [0.29, 0.717) is 10.8 Å². The third-order valence-corrected chi connectivity index (χ3v) is 4.93. The molecule has 6 heteroatoms. The van der Waals surface area contributed by atoms with E-state index in [1.165, 1.54) is 5.56 Å². The molecule has 0 amide bonds. The van der Waals surface area contributed by atoms with Gasteiger partial charge in [-0.15, -0.1) is 10.2 Å². The fraction of sp³-hybridized carbons (Fsp3) is 0.118. The highest BCUT2D eigenvalue weighted by atomic mass is 35.5. The standard InChI is InChI=1S/C17H13ClN4S/c1-11-6-8-12(9-7-11)15-10-23-17-20-19-16(22(17)21-15)13-4-2-3-5-14(13)18/h2-9H,10H2,1H3. The molecule has 23 heavy (non-hydrogen) atoms. The van der Waals surface area contributed by atoms with E-state index < -0.39 is 0 Å². The van der Waals surface area contributed by atoms with Crippen LogP contribution in [0.3, 0.4) is 0 Å². The first-order chi connectivity index (χ1) is 11.2. The lowest BCUT2D eigenvalue weighted by Crippen LogP contribution is -2.13. The molecule has 114 valence electrons. The molecule has 0 spiro atoms. The Balaban J connectivity index is 1.81. The summed E-state index contributed by atoms with van der Waals surface area (Å²) in [6, 6.07) is 16.0. The molecular weight excluding hydrogens is 328 g/mol. The molecule has 2 aromatic carbocycles. The van der Waals surface area contributed by atoms with Gasteiger partial charge in [0, 0.05) is 11.3 Å². The topological polar surface area (TPSA) is 43.1 Å². The summed E-state index contributed by atoms with van der Waals surface area (Å²) in [6.45, 7) is 2.08. The highest BCUT2D eigenvalue weighted by molar-refractivity contribution is 7.99. The zero-order chi connectivity index (χ0) is 15.8. The van der Waals surface area contributed by atoms with Gasteiger partial charge in [-0.1, -0.05) is 65.3 Å². The van der Waals surface area contributed by atoms with Gasteiger partial charge in [-0.05, 0) is 24.6 Å². The summed E-state index contributed by atoms with van der Waals surface area (Å²) in [4.78, 5) is 0. The van der Waals surface area contributed by atoms with Crippen LogP contribution in [0.1, 0.15) is 11.1 Å². The monoisotopic (exact) mass is 340 g/mol. The van der Waals surface area contributed by atoms with Gasteiger partial charge in [0.1, 0.15) is 0 Å². The molecule has 0 saturated carbocycles. The first-order valence-corrected chi connectivity index (χ1v) is 8.57. The molecule has 0 aliphatic carbocycles. The van der Waals surface area contributed by atoms with Crippen molar-refractivity contribution in [2.75, 3.05) is 5.75 Å². The molecule has 4 nitrogen and oxygen atoms in total. The maximum atomic E-state index is 6.29. The number of aryl methyl sites for hydroxylation is 1. The van der Waals surface area contributed by atoms with Crippen molar-refractivity contribution < 1.29 is 0 Å². The van der Waals surface area contributed by atoms with Gasteiger partial charge in [-0.25, -0.2) is 0 Å². The lowest BCUT2D eigenvalue weighted by Gasteiger charge is -2.14. The minimum atomic E-state index is 0.644. The second-order valence-electron chi connectivity index (χ2n) is 5.30. The van der Waals surface area contributed by atoms with Gasteiger partial charge in [0.15, 0.2) is 5.82 Å². The van der Waals surface area contributed by atoms with Crippen molar-refractivity contribution in [1.82, 2.24) is 14.9 Å². The number of benzene rings is 2. The van der Waals surface area contributed by atoms with E-state index in [1.807, 2.05) is 24.3 Å². The molecule has 0 radical (unpaired) electrons. The van der Waals surface area contributed by atoms with Crippen molar-refractivity contribution in [3.63, 3.8) is 0 Å².